The lowest BCUT2D eigenvalue weighted by atomic mass is 9.96. The van der Waals surface area contributed by atoms with Crippen LogP contribution in [0.5, 0.6) is 0 Å². The molecule has 1 saturated carbocycles. The summed E-state index contributed by atoms with van der Waals surface area (Å²) in [6.07, 6.45) is 0.421. The summed E-state index contributed by atoms with van der Waals surface area (Å²) in [6.45, 7) is 1.09. The van der Waals surface area contributed by atoms with E-state index in [1.807, 2.05) is 6.07 Å². The Morgan fingerprint density at radius 3 is 2.28 bits per heavy atom. The van der Waals surface area contributed by atoms with Gasteiger partial charge in [-0.05, 0) is 31.0 Å². The zero-order valence-electron chi connectivity index (χ0n) is 16.3. The molecule has 0 unspecified atom stereocenters. The highest BCUT2D eigenvalue weighted by Crippen LogP contribution is 2.33. The Labute approximate surface area is 169 Å². The zero-order chi connectivity index (χ0) is 21.2. The van der Waals surface area contributed by atoms with E-state index in [0.717, 1.165) is 44.2 Å². The van der Waals surface area contributed by atoms with Crippen molar-refractivity contribution in [3.63, 3.8) is 0 Å². The van der Waals surface area contributed by atoms with Gasteiger partial charge in [0.15, 0.2) is 0 Å². The second-order valence-electron chi connectivity index (χ2n) is 7.54. The van der Waals surface area contributed by atoms with Gasteiger partial charge in [-0.3, -0.25) is 0 Å². The maximum Gasteiger partial charge on any atom is 0.416 e. The quantitative estimate of drug-likeness (QED) is 0.736. The molecule has 0 amide bonds. The standard InChI is InChI=1S/C19H25F3N4O2S/c1-24(17-5-3-2-4-6-17)29(27,28)26-11-9-25(10-12-26)18-8-7-16(19(20,21)22)13-15(18)14-23/h7-8,13,17H,2-6,9-12H2,1H3. The number of piperazine rings is 1. The second-order valence-corrected chi connectivity index (χ2v) is 9.53. The van der Waals surface area contributed by atoms with Crippen LogP contribution in [-0.4, -0.2) is 56.3 Å². The molecule has 0 radical (unpaired) electrons. The summed E-state index contributed by atoms with van der Waals surface area (Å²) in [6, 6.07) is 4.93. The predicted octanol–water partition coefficient (Wildman–Crippen LogP) is 3.21. The van der Waals surface area contributed by atoms with Crippen molar-refractivity contribution in [2.24, 2.45) is 0 Å². The van der Waals surface area contributed by atoms with Crippen molar-refractivity contribution in [2.75, 3.05) is 38.1 Å². The van der Waals surface area contributed by atoms with E-state index in [4.69, 9.17) is 0 Å². The second kappa shape index (κ2) is 8.50. The van der Waals surface area contributed by atoms with E-state index < -0.39 is 21.9 Å². The summed E-state index contributed by atoms with van der Waals surface area (Å²) >= 11 is 0. The number of hydrogen-bond acceptors (Lipinski definition) is 4. The smallest absolute Gasteiger partial charge is 0.368 e. The minimum atomic E-state index is -4.51. The third-order valence-corrected chi connectivity index (χ3v) is 7.85. The van der Waals surface area contributed by atoms with E-state index in [-0.39, 0.29) is 24.7 Å². The fourth-order valence-electron chi connectivity index (χ4n) is 4.05. The summed E-state index contributed by atoms with van der Waals surface area (Å²) in [5, 5.41) is 9.28. The molecule has 1 heterocycles. The van der Waals surface area contributed by atoms with Gasteiger partial charge in [0.05, 0.1) is 16.8 Å². The highest BCUT2D eigenvalue weighted by Gasteiger charge is 2.35. The van der Waals surface area contributed by atoms with E-state index >= 15 is 0 Å². The Morgan fingerprint density at radius 2 is 1.72 bits per heavy atom. The van der Waals surface area contributed by atoms with Crippen molar-refractivity contribution >= 4 is 15.9 Å². The van der Waals surface area contributed by atoms with Crippen LogP contribution in [0.3, 0.4) is 0 Å². The van der Waals surface area contributed by atoms with Crippen LogP contribution in [0.2, 0.25) is 0 Å². The highest BCUT2D eigenvalue weighted by atomic mass is 32.2. The summed E-state index contributed by atoms with van der Waals surface area (Å²) < 4.78 is 67.5. The van der Waals surface area contributed by atoms with Gasteiger partial charge in [0, 0.05) is 39.3 Å². The molecule has 0 atom stereocenters. The van der Waals surface area contributed by atoms with Gasteiger partial charge in [-0.2, -0.15) is 35.5 Å². The first kappa shape index (κ1) is 21.9. The van der Waals surface area contributed by atoms with E-state index in [1.165, 1.54) is 14.7 Å². The van der Waals surface area contributed by atoms with E-state index in [0.29, 0.717) is 18.8 Å². The van der Waals surface area contributed by atoms with Crippen LogP contribution in [0, 0.1) is 11.3 Å². The van der Waals surface area contributed by atoms with Gasteiger partial charge in [-0.15, -0.1) is 0 Å². The Hall–Kier alpha value is -1.83. The van der Waals surface area contributed by atoms with Gasteiger partial charge >= 0.3 is 6.18 Å². The van der Waals surface area contributed by atoms with Crippen LogP contribution in [0.1, 0.15) is 43.2 Å². The van der Waals surface area contributed by atoms with Crippen LogP contribution in [0.25, 0.3) is 0 Å². The van der Waals surface area contributed by atoms with Gasteiger partial charge < -0.3 is 4.90 Å². The number of hydrogen-bond donors (Lipinski definition) is 0. The lowest BCUT2D eigenvalue weighted by Crippen LogP contribution is -2.54. The van der Waals surface area contributed by atoms with Crippen LogP contribution < -0.4 is 4.90 Å². The van der Waals surface area contributed by atoms with E-state index in [2.05, 4.69) is 0 Å². The normalized spacial score (nSPS) is 20.1. The van der Waals surface area contributed by atoms with Crippen LogP contribution in [0.4, 0.5) is 18.9 Å². The lowest BCUT2D eigenvalue weighted by Gasteiger charge is -2.39. The van der Waals surface area contributed by atoms with Crippen LogP contribution >= 0.6 is 0 Å². The maximum absolute atomic E-state index is 13.0. The molecule has 0 bridgehead atoms. The predicted molar refractivity (Wildman–Crippen MR) is 104 cm³/mol. The van der Waals surface area contributed by atoms with Crippen LogP contribution in [0.15, 0.2) is 18.2 Å². The van der Waals surface area contributed by atoms with Gasteiger partial charge in [0.1, 0.15) is 6.07 Å². The average Bonchev–Trinajstić information content (AvgIpc) is 2.72. The Kier molecular flexibility index (Phi) is 6.41. The van der Waals surface area contributed by atoms with Crippen molar-refractivity contribution < 1.29 is 21.6 Å². The van der Waals surface area contributed by atoms with Crippen molar-refractivity contribution in [1.29, 1.82) is 5.26 Å². The number of benzene rings is 1. The van der Waals surface area contributed by atoms with Crippen molar-refractivity contribution in [3.8, 4) is 6.07 Å². The lowest BCUT2D eigenvalue weighted by molar-refractivity contribution is -0.137. The molecule has 3 rings (SSSR count). The number of nitrogens with zero attached hydrogens (tertiary/aromatic N) is 4. The first-order valence-electron chi connectivity index (χ1n) is 9.74. The number of anilines is 1. The molecule has 2 fully saturated rings. The summed E-state index contributed by atoms with van der Waals surface area (Å²) in [4.78, 5) is 1.77. The molecular weight excluding hydrogens is 405 g/mol. The number of halogens is 3. The molecule has 29 heavy (non-hydrogen) atoms. The number of rotatable bonds is 4. The van der Waals surface area contributed by atoms with Crippen molar-refractivity contribution in [3.05, 3.63) is 29.3 Å². The summed E-state index contributed by atoms with van der Waals surface area (Å²) in [5.41, 5.74) is -0.526. The molecule has 1 aromatic rings. The van der Waals surface area contributed by atoms with Gasteiger partial charge in [0.25, 0.3) is 10.2 Å². The fourth-order valence-corrected chi connectivity index (χ4v) is 5.63. The Bertz CT molecular complexity index is 868. The first-order chi connectivity index (χ1) is 13.6. The monoisotopic (exact) mass is 430 g/mol. The molecule has 0 N–H and O–H groups in total. The molecule has 1 aliphatic heterocycles. The third-order valence-electron chi connectivity index (χ3n) is 5.80. The third kappa shape index (κ3) is 4.68. The fraction of sp³-hybridized carbons (Fsp3) is 0.632. The molecular formula is C19H25F3N4O2S. The first-order valence-corrected chi connectivity index (χ1v) is 11.1. The van der Waals surface area contributed by atoms with Crippen molar-refractivity contribution in [1.82, 2.24) is 8.61 Å². The number of alkyl halides is 3. The van der Waals surface area contributed by atoms with E-state index in [9.17, 15) is 26.9 Å². The maximum atomic E-state index is 13.0. The molecule has 10 heteroatoms. The minimum Gasteiger partial charge on any atom is -0.368 e. The summed E-state index contributed by atoms with van der Waals surface area (Å²) in [5.74, 6) is 0. The van der Waals surface area contributed by atoms with Crippen molar-refractivity contribution in [2.45, 2.75) is 44.3 Å². The zero-order valence-corrected chi connectivity index (χ0v) is 17.1. The molecule has 6 nitrogen and oxygen atoms in total. The van der Waals surface area contributed by atoms with Gasteiger partial charge in [0.2, 0.25) is 0 Å². The minimum absolute atomic E-state index is 0.0203. The molecule has 160 valence electrons. The average molecular weight is 430 g/mol. The molecule has 1 saturated heterocycles. The highest BCUT2D eigenvalue weighted by molar-refractivity contribution is 7.86. The molecule has 2 aliphatic rings. The van der Waals surface area contributed by atoms with Gasteiger partial charge in [-0.1, -0.05) is 19.3 Å². The van der Waals surface area contributed by atoms with Gasteiger partial charge in [-0.25, -0.2) is 0 Å². The summed E-state index contributed by atoms with van der Waals surface area (Å²) in [7, 11) is -1.96. The SMILES string of the molecule is CN(C1CCCCC1)S(=O)(=O)N1CCN(c2ccc(C(F)(F)F)cc2C#N)CC1. The Morgan fingerprint density at radius 1 is 1.10 bits per heavy atom. The Balaban J connectivity index is 1.69. The topological polar surface area (TPSA) is 67.7 Å². The molecule has 0 spiro atoms. The number of nitriles is 1. The molecule has 1 aliphatic carbocycles. The van der Waals surface area contributed by atoms with E-state index in [1.54, 1.807) is 11.9 Å². The molecule has 1 aromatic carbocycles. The molecule has 0 aromatic heterocycles. The van der Waals surface area contributed by atoms with Crippen LogP contribution in [-0.2, 0) is 16.4 Å². The largest absolute Gasteiger partial charge is 0.416 e.